The van der Waals surface area contributed by atoms with Gasteiger partial charge in [-0.3, -0.25) is 0 Å². The van der Waals surface area contributed by atoms with Crippen molar-refractivity contribution in [1.82, 2.24) is 9.97 Å². The third-order valence-corrected chi connectivity index (χ3v) is 3.37. The van der Waals surface area contributed by atoms with E-state index in [-0.39, 0.29) is 6.61 Å². The maximum absolute atomic E-state index is 8.91. The minimum atomic E-state index is 0.0896. The molecule has 2 aromatic rings. The first-order valence-corrected chi connectivity index (χ1v) is 6.08. The van der Waals surface area contributed by atoms with Crippen molar-refractivity contribution < 1.29 is 5.11 Å². The Morgan fingerprint density at radius 1 is 1.31 bits per heavy atom. The molecule has 0 aromatic carbocycles. The normalized spacial score (nSPS) is 10.7. The number of aromatic nitrogens is 2. The summed E-state index contributed by atoms with van der Waals surface area (Å²) in [4.78, 5) is 9.95. The van der Waals surface area contributed by atoms with Crippen LogP contribution < -0.4 is 0 Å². The van der Waals surface area contributed by atoms with Crippen molar-refractivity contribution >= 4 is 11.3 Å². The highest BCUT2D eigenvalue weighted by Gasteiger charge is 2.07. The first-order valence-electron chi connectivity index (χ1n) is 5.20. The van der Waals surface area contributed by atoms with Gasteiger partial charge in [0, 0.05) is 12.1 Å². The molecule has 2 aromatic heterocycles. The molecule has 0 atom stereocenters. The number of rotatable bonds is 3. The Labute approximate surface area is 98.8 Å². The van der Waals surface area contributed by atoms with Crippen molar-refractivity contribution in [2.75, 3.05) is 6.61 Å². The van der Waals surface area contributed by atoms with E-state index in [9.17, 15) is 0 Å². The molecule has 0 aliphatic heterocycles. The third-order valence-electron chi connectivity index (χ3n) is 2.33. The number of aryl methyl sites for hydroxylation is 2. The summed E-state index contributed by atoms with van der Waals surface area (Å²) < 4.78 is 0. The molecule has 16 heavy (non-hydrogen) atoms. The van der Waals surface area contributed by atoms with Gasteiger partial charge in [-0.25, -0.2) is 9.97 Å². The first-order chi connectivity index (χ1) is 7.70. The van der Waals surface area contributed by atoms with Crippen molar-refractivity contribution in [1.29, 1.82) is 0 Å². The van der Waals surface area contributed by atoms with Gasteiger partial charge in [0.05, 0.1) is 17.2 Å². The topological polar surface area (TPSA) is 46.0 Å². The molecule has 0 saturated heterocycles. The van der Waals surface area contributed by atoms with E-state index in [1.165, 1.54) is 10.4 Å². The average molecular weight is 234 g/mol. The molecular weight excluding hydrogens is 220 g/mol. The van der Waals surface area contributed by atoms with Crippen LogP contribution in [0.4, 0.5) is 0 Å². The van der Waals surface area contributed by atoms with Gasteiger partial charge in [-0.15, -0.1) is 11.3 Å². The molecule has 4 heteroatoms. The number of thiophene rings is 1. The Hall–Kier alpha value is -1.26. The van der Waals surface area contributed by atoms with E-state index in [0.717, 1.165) is 11.4 Å². The standard InChI is InChI=1S/C12H14N2OS/c1-8-4-6-16-12(8)10-7-9(2)13-11(14-10)3-5-15/h4,6-7,15H,3,5H2,1-2H3. The Morgan fingerprint density at radius 3 is 2.75 bits per heavy atom. The number of nitrogens with zero attached hydrogens (tertiary/aromatic N) is 2. The zero-order valence-corrected chi connectivity index (χ0v) is 10.2. The molecule has 0 radical (unpaired) electrons. The first kappa shape index (κ1) is 11.2. The summed E-state index contributed by atoms with van der Waals surface area (Å²) in [5.41, 5.74) is 3.14. The van der Waals surface area contributed by atoms with Gasteiger partial charge < -0.3 is 5.11 Å². The van der Waals surface area contributed by atoms with Crippen LogP contribution in [0.1, 0.15) is 17.1 Å². The molecule has 2 rings (SSSR count). The van der Waals surface area contributed by atoms with E-state index in [1.807, 2.05) is 13.0 Å². The van der Waals surface area contributed by atoms with E-state index >= 15 is 0 Å². The van der Waals surface area contributed by atoms with E-state index in [2.05, 4.69) is 28.3 Å². The van der Waals surface area contributed by atoms with Crippen LogP contribution in [0.5, 0.6) is 0 Å². The van der Waals surface area contributed by atoms with E-state index in [1.54, 1.807) is 11.3 Å². The van der Waals surface area contributed by atoms with Crippen LogP contribution in [0.15, 0.2) is 17.5 Å². The Morgan fingerprint density at radius 2 is 2.12 bits per heavy atom. The average Bonchev–Trinajstić information content (AvgIpc) is 2.64. The smallest absolute Gasteiger partial charge is 0.131 e. The molecule has 0 saturated carbocycles. The summed E-state index contributed by atoms with van der Waals surface area (Å²) in [6.07, 6.45) is 0.513. The zero-order chi connectivity index (χ0) is 11.5. The van der Waals surface area contributed by atoms with Crippen LogP contribution >= 0.6 is 11.3 Å². The van der Waals surface area contributed by atoms with Gasteiger partial charge in [-0.2, -0.15) is 0 Å². The van der Waals surface area contributed by atoms with Crippen LogP contribution in [0, 0.1) is 13.8 Å². The third kappa shape index (κ3) is 2.28. The highest BCUT2D eigenvalue weighted by atomic mass is 32.1. The summed E-state index contributed by atoms with van der Waals surface area (Å²) in [5.74, 6) is 0.713. The van der Waals surface area contributed by atoms with Gasteiger partial charge >= 0.3 is 0 Å². The van der Waals surface area contributed by atoms with Crippen molar-refractivity contribution in [3.63, 3.8) is 0 Å². The number of aliphatic hydroxyl groups is 1. The lowest BCUT2D eigenvalue weighted by Crippen LogP contribution is -2.01. The second-order valence-corrected chi connectivity index (χ2v) is 4.63. The second kappa shape index (κ2) is 4.72. The fraction of sp³-hybridized carbons (Fsp3) is 0.333. The molecule has 1 N–H and O–H groups in total. The van der Waals surface area contributed by atoms with E-state index in [4.69, 9.17) is 5.11 Å². The molecule has 3 nitrogen and oxygen atoms in total. The van der Waals surface area contributed by atoms with E-state index < -0.39 is 0 Å². The molecule has 0 amide bonds. The monoisotopic (exact) mass is 234 g/mol. The Kier molecular flexibility index (Phi) is 3.31. The predicted molar refractivity (Wildman–Crippen MR) is 65.6 cm³/mol. The molecule has 84 valence electrons. The van der Waals surface area contributed by atoms with Crippen LogP contribution in [0.3, 0.4) is 0 Å². The predicted octanol–water partition coefficient (Wildman–Crippen LogP) is 2.36. The fourth-order valence-electron chi connectivity index (χ4n) is 1.59. The van der Waals surface area contributed by atoms with Crippen LogP contribution in [-0.2, 0) is 6.42 Å². The minimum absolute atomic E-state index is 0.0896. The summed E-state index contributed by atoms with van der Waals surface area (Å²) in [5, 5.41) is 11.0. The summed E-state index contributed by atoms with van der Waals surface area (Å²) in [7, 11) is 0. The lowest BCUT2D eigenvalue weighted by Gasteiger charge is -2.04. The molecule has 0 aliphatic rings. The van der Waals surface area contributed by atoms with Gasteiger partial charge in [-0.1, -0.05) is 0 Å². The Balaban J connectivity index is 2.45. The number of hydrogen-bond acceptors (Lipinski definition) is 4. The van der Waals surface area contributed by atoms with Gasteiger partial charge in [0.2, 0.25) is 0 Å². The van der Waals surface area contributed by atoms with Crippen LogP contribution in [-0.4, -0.2) is 21.7 Å². The zero-order valence-electron chi connectivity index (χ0n) is 9.40. The van der Waals surface area contributed by atoms with Crippen molar-refractivity contribution in [3.8, 4) is 10.6 Å². The number of aliphatic hydroxyl groups excluding tert-OH is 1. The Bertz CT molecular complexity index is 494. The largest absolute Gasteiger partial charge is 0.396 e. The summed E-state index contributed by atoms with van der Waals surface area (Å²) in [6.45, 7) is 4.12. The summed E-state index contributed by atoms with van der Waals surface area (Å²) >= 11 is 1.69. The van der Waals surface area contributed by atoms with Crippen LogP contribution in [0.2, 0.25) is 0 Å². The molecule has 0 aliphatic carbocycles. The minimum Gasteiger partial charge on any atom is -0.396 e. The van der Waals surface area contributed by atoms with Gasteiger partial charge in [0.25, 0.3) is 0 Å². The second-order valence-electron chi connectivity index (χ2n) is 3.72. The molecule has 0 fully saturated rings. The van der Waals surface area contributed by atoms with Crippen molar-refractivity contribution in [3.05, 3.63) is 34.6 Å². The maximum Gasteiger partial charge on any atom is 0.131 e. The molecule has 0 bridgehead atoms. The summed E-state index contributed by atoms with van der Waals surface area (Å²) in [6, 6.07) is 4.07. The van der Waals surface area contributed by atoms with Crippen molar-refractivity contribution in [2.45, 2.75) is 20.3 Å². The lowest BCUT2D eigenvalue weighted by molar-refractivity contribution is 0.296. The number of hydrogen-bond donors (Lipinski definition) is 1. The lowest BCUT2D eigenvalue weighted by atomic mass is 10.2. The molecule has 0 unspecified atom stereocenters. The van der Waals surface area contributed by atoms with Gasteiger partial charge in [0.15, 0.2) is 0 Å². The maximum atomic E-state index is 8.91. The SMILES string of the molecule is Cc1cc(-c2sccc2C)nc(CCO)n1. The highest BCUT2D eigenvalue weighted by Crippen LogP contribution is 2.27. The van der Waals surface area contributed by atoms with Gasteiger partial charge in [0.1, 0.15) is 5.82 Å². The molecular formula is C12H14N2OS. The molecule has 2 heterocycles. The fourth-order valence-corrected chi connectivity index (χ4v) is 2.48. The van der Waals surface area contributed by atoms with Crippen LogP contribution in [0.25, 0.3) is 10.6 Å². The highest BCUT2D eigenvalue weighted by molar-refractivity contribution is 7.13. The van der Waals surface area contributed by atoms with E-state index in [0.29, 0.717) is 12.2 Å². The van der Waals surface area contributed by atoms with Crippen molar-refractivity contribution in [2.24, 2.45) is 0 Å². The molecule has 0 spiro atoms. The van der Waals surface area contributed by atoms with Gasteiger partial charge in [-0.05, 0) is 36.9 Å². The quantitative estimate of drug-likeness (QED) is 0.886.